The molecule has 4 nitrogen and oxygen atoms in total. The van der Waals surface area contributed by atoms with Gasteiger partial charge in [0.05, 0.1) is 6.04 Å². The van der Waals surface area contributed by atoms with E-state index in [9.17, 15) is 0 Å². The minimum Gasteiger partial charge on any atom is -0.375 e. The molecule has 0 heterocycles. The number of nitrogens with one attached hydrogen (secondary N) is 1. The molecule has 4 heteroatoms. The van der Waals surface area contributed by atoms with E-state index in [4.69, 9.17) is 9.47 Å². The van der Waals surface area contributed by atoms with Gasteiger partial charge in [-0.25, -0.2) is 0 Å². The lowest BCUT2D eigenvalue weighted by atomic mass is 10.2. The number of rotatable bonds is 9. The maximum absolute atomic E-state index is 5.21. The Kier molecular flexibility index (Phi) is 7.48. The first-order valence-corrected chi connectivity index (χ1v) is 6.74. The SMILES string of the molecule is COC(OC)C(C)NCCCN(C)c1ccccc1. The second-order valence-corrected chi connectivity index (χ2v) is 4.69. The Morgan fingerprint density at radius 1 is 1.16 bits per heavy atom. The van der Waals surface area contributed by atoms with Gasteiger partial charge in [-0.05, 0) is 32.0 Å². The normalized spacial score (nSPS) is 12.7. The maximum Gasteiger partial charge on any atom is 0.171 e. The smallest absolute Gasteiger partial charge is 0.171 e. The van der Waals surface area contributed by atoms with Gasteiger partial charge >= 0.3 is 0 Å². The van der Waals surface area contributed by atoms with Gasteiger partial charge in [-0.15, -0.1) is 0 Å². The highest BCUT2D eigenvalue weighted by Gasteiger charge is 2.14. The highest BCUT2D eigenvalue weighted by atomic mass is 16.7. The molecule has 0 saturated heterocycles. The summed E-state index contributed by atoms with van der Waals surface area (Å²) in [7, 11) is 5.44. The van der Waals surface area contributed by atoms with Crippen LogP contribution in [0.15, 0.2) is 30.3 Å². The van der Waals surface area contributed by atoms with E-state index in [1.54, 1.807) is 14.2 Å². The molecule has 0 amide bonds. The fourth-order valence-electron chi connectivity index (χ4n) is 2.06. The molecule has 0 bridgehead atoms. The number of benzene rings is 1. The highest BCUT2D eigenvalue weighted by molar-refractivity contribution is 5.44. The second-order valence-electron chi connectivity index (χ2n) is 4.69. The molecule has 1 aromatic rings. The van der Waals surface area contributed by atoms with Crippen LogP contribution in [-0.4, -0.2) is 46.7 Å². The number of anilines is 1. The molecule has 108 valence electrons. The molecular formula is C15H26N2O2. The van der Waals surface area contributed by atoms with Gasteiger partial charge in [-0.1, -0.05) is 18.2 Å². The van der Waals surface area contributed by atoms with Crippen molar-refractivity contribution in [3.05, 3.63) is 30.3 Å². The van der Waals surface area contributed by atoms with Crippen molar-refractivity contribution in [2.24, 2.45) is 0 Å². The van der Waals surface area contributed by atoms with Gasteiger partial charge in [0.1, 0.15) is 0 Å². The van der Waals surface area contributed by atoms with E-state index < -0.39 is 0 Å². The van der Waals surface area contributed by atoms with Gasteiger partial charge in [0, 0.05) is 33.5 Å². The lowest BCUT2D eigenvalue weighted by Gasteiger charge is -2.23. The molecule has 0 aliphatic rings. The summed E-state index contributed by atoms with van der Waals surface area (Å²) in [6, 6.07) is 10.6. The van der Waals surface area contributed by atoms with Crippen LogP contribution in [0.4, 0.5) is 5.69 Å². The van der Waals surface area contributed by atoms with Crippen molar-refractivity contribution in [3.8, 4) is 0 Å². The van der Waals surface area contributed by atoms with Crippen molar-refractivity contribution in [2.45, 2.75) is 25.7 Å². The molecule has 0 spiro atoms. The fraction of sp³-hybridized carbons (Fsp3) is 0.600. The zero-order valence-electron chi connectivity index (χ0n) is 12.4. The quantitative estimate of drug-likeness (QED) is 0.548. The van der Waals surface area contributed by atoms with Crippen molar-refractivity contribution < 1.29 is 9.47 Å². The summed E-state index contributed by atoms with van der Waals surface area (Å²) in [6.45, 7) is 4.04. The zero-order valence-corrected chi connectivity index (χ0v) is 12.4. The molecule has 1 aromatic carbocycles. The largest absolute Gasteiger partial charge is 0.375 e. The predicted molar refractivity (Wildman–Crippen MR) is 79.6 cm³/mol. The molecule has 19 heavy (non-hydrogen) atoms. The molecule has 0 aliphatic heterocycles. The summed E-state index contributed by atoms with van der Waals surface area (Å²) >= 11 is 0. The number of hydrogen-bond donors (Lipinski definition) is 1. The Morgan fingerprint density at radius 2 is 1.79 bits per heavy atom. The number of ether oxygens (including phenoxy) is 2. The van der Waals surface area contributed by atoms with Crippen LogP contribution < -0.4 is 10.2 Å². The van der Waals surface area contributed by atoms with Gasteiger partial charge in [0.25, 0.3) is 0 Å². The Labute approximate surface area is 116 Å². The average molecular weight is 266 g/mol. The molecular weight excluding hydrogens is 240 g/mol. The van der Waals surface area contributed by atoms with Crippen LogP contribution >= 0.6 is 0 Å². The van der Waals surface area contributed by atoms with Crippen LogP contribution in [0, 0.1) is 0 Å². The van der Waals surface area contributed by atoms with E-state index in [1.807, 2.05) is 6.07 Å². The van der Waals surface area contributed by atoms with Crippen molar-refractivity contribution in [3.63, 3.8) is 0 Å². The summed E-state index contributed by atoms with van der Waals surface area (Å²) < 4.78 is 10.4. The Morgan fingerprint density at radius 3 is 2.37 bits per heavy atom. The minimum atomic E-state index is -0.188. The number of para-hydroxylation sites is 1. The van der Waals surface area contributed by atoms with E-state index >= 15 is 0 Å². The monoisotopic (exact) mass is 266 g/mol. The summed E-state index contributed by atoms with van der Waals surface area (Å²) in [5, 5.41) is 3.41. The maximum atomic E-state index is 5.21. The van der Waals surface area contributed by atoms with Crippen molar-refractivity contribution in [1.82, 2.24) is 5.32 Å². The van der Waals surface area contributed by atoms with Crippen LogP contribution in [0.2, 0.25) is 0 Å². The molecule has 1 atom stereocenters. The second kappa shape index (κ2) is 8.91. The number of nitrogens with zero attached hydrogens (tertiary/aromatic N) is 1. The standard InChI is InChI=1S/C15H26N2O2/c1-13(15(18-3)19-4)16-11-8-12-17(2)14-9-6-5-7-10-14/h5-7,9-10,13,15-16H,8,11-12H2,1-4H3. The molecule has 0 aliphatic carbocycles. The Hall–Kier alpha value is -1.10. The highest BCUT2D eigenvalue weighted by Crippen LogP contribution is 2.10. The average Bonchev–Trinajstić information content (AvgIpc) is 2.45. The molecule has 1 unspecified atom stereocenters. The zero-order chi connectivity index (χ0) is 14.1. The van der Waals surface area contributed by atoms with E-state index in [0.717, 1.165) is 19.5 Å². The number of methoxy groups -OCH3 is 2. The van der Waals surface area contributed by atoms with Crippen molar-refractivity contribution in [2.75, 3.05) is 39.3 Å². The fourth-order valence-corrected chi connectivity index (χ4v) is 2.06. The lowest BCUT2D eigenvalue weighted by molar-refractivity contribution is -0.119. The predicted octanol–water partition coefficient (Wildman–Crippen LogP) is 2.11. The van der Waals surface area contributed by atoms with Gasteiger partial charge in [-0.2, -0.15) is 0 Å². The Bertz CT molecular complexity index is 328. The van der Waals surface area contributed by atoms with Crippen LogP contribution in [-0.2, 0) is 9.47 Å². The van der Waals surface area contributed by atoms with Crippen LogP contribution in [0.5, 0.6) is 0 Å². The lowest BCUT2D eigenvalue weighted by Crippen LogP contribution is -2.40. The topological polar surface area (TPSA) is 33.7 Å². The first-order chi connectivity index (χ1) is 9.19. The third kappa shape index (κ3) is 5.59. The molecule has 1 N–H and O–H groups in total. The third-order valence-electron chi connectivity index (χ3n) is 3.21. The van der Waals surface area contributed by atoms with Gasteiger partial charge in [0.15, 0.2) is 6.29 Å². The van der Waals surface area contributed by atoms with Crippen LogP contribution in [0.3, 0.4) is 0 Å². The van der Waals surface area contributed by atoms with Crippen LogP contribution in [0.1, 0.15) is 13.3 Å². The molecule has 0 fully saturated rings. The number of hydrogen-bond acceptors (Lipinski definition) is 4. The van der Waals surface area contributed by atoms with Gasteiger partial charge < -0.3 is 19.7 Å². The van der Waals surface area contributed by atoms with Crippen molar-refractivity contribution in [1.29, 1.82) is 0 Å². The molecule has 0 saturated carbocycles. The van der Waals surface area contributed by atoms with Gasteiger partial charge in [0.2, 0.25) is 0 Å². The van der Waals surface area contributed by atoms with E-state index in [0.29, 0.717) is 0 Å². The molecule has 1 rings (SSSR count). The summed E-state index contributed by atoms with van der Waals surface area (Å²) in [4.78, 5) is 2.26. The third-order valence-corrected chi connectivity index (χ3v) is 3.21. The summed E-state index contributed by atoms with van der Waals surface area (Å²) in [6.07, 6.45) is 0.891. The van der Waals surface area contributed by atoms with E-state index in [2.05, 4.69) is 48.5 Å². The first-order valence-electron chi connectivity index (χ1n) is 6.74. The Balaban J connectivity index is 2.20. The van der Waals surface area contributed by atoms with Crippen LogP contribution in [0.25, 0.3) is 0 Å². The first kappa shape index (κ1) is 16.0. The summed E-state index contributed by atoms with van der Waals surface area (Å²) in [5.41, 5.74) is 1.25. The van der Waals surface area contributed by atoms with E-state index in [1.165, 1.54) is 5.69 Å². The molecule has 0 aromatic heterocycles. The van der Waals surface area contributed by atoms with Gasteiger partial charge in [-0.3, -0.25) is 0 Å². The molecule has 0 radical (unpaired) electrons. The van der Waals surface area contributed by atoms with E-state index in [-0.39, 0.29) is 12.3 Å². The summed E-state index contributed by atoms with van der Waals surface area (Å²) in [5.74, 6) is 0. The van der Waals surface area contributed by atoms with Crippen molar-refractivity contribution >= 4 is 5.69 Å². The minimum absolute atomic E-state index is 0.188.